The highest BCUT2D eigenvalue weighted by Crippen LogP contribution is 2.44. The lowest BCUT2D eigenvalue weighted by molar-refractivity contribution is 0.0394. The molecule has 2 aliphatic rings. The number of benzene rings is 1. The number of hydrogen-bond acceptors (Lipinski definition) is 4. The Labute approximate surface area is 123 Å². The SMILES string of the molecule is CCc1c(N)nc2ccccc2c1C1CC=C2OCOC21. The molecule has 108 valence electrons. The number of aromatic nitrogens is 1. The fourth-order valence-corrected chi connectivity index (χ4v) is 3.56. The second kappa shape index (κ2) is 4.74. The maximum Gasteiger partial charge on any atom is 0.189 e. The maximum atomic E-state index is 6.20. The van der Waals surface area contributed by atoms with Gasteiger partial charge in [0.1, 0.15) is 17.7 Å². The third-order valence-corrected chi connectivity index (χ3v) is 4.49. The van der Waals surface area contributed by atoms with Crippen LogP contribution in [-0.4, -0.2) is 17.9 Å². The van der Waals surface area contributed by atoms with Gasteiger partial charge in [-0.15, -0.1) is 0 Å². The molecule has 0 bridgehead atoms. The molecule has 0 spiro atoms. The summed E-state index contributed by atoms with van der Waals surface area (Å²) in [4.78, 5) is 4.55. The van der Waals surface area contributed by atoms with Gasteiger partial charge in [0.05, 0.1) is 5.52 Å². The van der Waals surface area contributed by atoms with Crippen molar-refractivity contribution in [1.29, 1.82) is 0 Å². The molecule has 1 fully saturated rings. The molecule has 1 aromatic heterocycles. The number of ether oxygens (including phenoxy) is 2. The Morgan fingerprint density at radius 1 is 1.33 bits per heavy atom. The van der Waals surface area contributed by atoms with Crippen molar-refractivity contribution in [2.75, 3.05) is 12.5 Å². The number of anilines is 1. The van der Waals surface area contributed by atoms with Gasteiger partial charge in [0.15, 0.2) is 6.79 Å². The van der Waals surface area contributed by atoms with Gasteiger partial charge in [-0.2, -0.15) is 0 Å². The van der Waals surface area contributed by atoms with Gasteiger partial charge in [0.25, 0.3) is 0 Å². The Hall–Kier alpha value is -2.07. The second-order valence-corrected chi connectivity index (χ2v) is 5.56. The van der Waals surface area contributed by atoms with Crippen LogP contribution >= 0.6 is 0 Å². The van der Waals surface area contributed by atoms with E-state index in [0.29, 0.717) is 12.6 Å². The number of pyridine rings is 1. The molecule has 4 nitrogen and oxygen atoms in total. The lowest BCUT2D eigenvalue weighted by Crippen LogP contribution is -2.18. The first-order valence-electron chi connectivity index (χ1n) is 7.41. The molecular formula is C17H18N2O2. The van der Waals surface area contributed by atoms with Gasteiger partial charge in [-0.1, -0.05) is 25.1 Å². The molecule has 2 unspecified atom stereocenters. The number of nitrogens with two attached hydrogens (primary N) is 1. The summed E-state index contributed by atoms with van der Waals surface area (Å²) in [6.07, 6.45) is 3.98. The predicted octanol–water partition coefficient (Wildman–Crippen LogP) is 3.12. The summed E-state index contributed by atoms with van der Waals surface area (Å²) in [5.41, 5.74) is 9.58. The van der Waals surface area contributed by atoms with E-state index in [1.807, 2.05) is 12.1 Å². The van der Waals surface area contributed by atoms with E-state index in [9.17, 15) is 0 Å². The quantitative estimate of drug-likeness (QED) is 0.919. The Kier molecular flexibility index (Phi) is 2.86. The zero-order valence-electron chi connectivity index (χ0n) is 12.0. The summed E-state index contributed by atoms with van der Waals surface area (Å²) in [7, 11) is 0. The fourth-order valence-electron chi connectivity index (χ4n) is 3.56. The summed E-state index contributed by atoms with van der Waals surface area (Å²) in [5, 5.41) is 1.18. The number of rotatable bonds is 2. The monoisotopic (exact) mass is 282 g/mol. The van der Waals surface area contributed by atoms with Gasteiger partial charge in [0.2, 0.25) is 0 Å². The van der Waals surface area contributed by atoms with E-state index >= 15 is 0 Å². The molecule has 0 radical (unpaired) electrons. The largest absolute Gasteiger partial charge is 0.469 e. The van der Waals surface area contributed by atoms with E-state index in [2.05, 4.69) is 30.1 Å². The van der Waals surface area contributed by atoms with Gasteiger partial charge in [-0.3, -0.25) is 0 Å². The van der Waals surface area contributed by atoms with E-state index in [-0.39, 0.29) is 12.0 Å². The van der Waals surface area contributed by atoms with Crippen LogP contribution in [0.15, 0.2) is 36.1 Å². The lowest BCUT2D eigenvalue weighted by Gasteiger charge is -2.22. The molecule has 21 heavy (non-hydrogen) atoms. The van der Waals surface area contributed by atoms with E-state index in [0.717, 1.165) is 29.7 Å². The van der Waals surface area contributed by atoms with Crippen molar-refractivity contribution < 1.29 is 9.47 Å². The Morgan fingerprint density at radius 2 is 2.19 bits per heavy atom. The topological polar surface area (TPSA) is 57.4 Å². The van der Waals surface area contributed by atoms with Crippen LogP contribution < -0.4 is 5.73 Å². The minimum Gasteiger partial charge on any atom is -0.469 e. The van der Waals surface area contributed by atoms with Gasteiger partial charge in [0, 0.05) is 11.3 Å². The third kappa shape index (κ3) is 1.83. The van der Waals surface area contributed by atoms with Gasteiger partial charge >= 0.3 is 0 Å². The molecule has 1 aliphatic carbocycles. The number of para-hydroxylation sites is 1. The van der Waals surface area contributed by atoms with Crippen LogP contribution in [0.4, 0.5) is 5.82 Å². The zero-order chi connectivity index (χ0) is 14.4. The van der Waals surface area contributed by atoms with E-state index in [1.165, 1.54) is 10.9 Å². The van der Waals surface area contributed by atoms with Crippen molar-refractivity contribution in [3.8, 4) is 0 Å². The van der Waals surface area contributed by atoms with Crippen LogP contribution in [0.1, 0.15) is 30.4 Å². The Balaban J connectivity index is 1.94. The van der Waals surface area contributed by atoms with E-state index in [1.54, 1.807) is 0 Å². The standard InChI is InChI=1S/C17H18N2O2/c1-2-10-15(12-7-8-14-16(12)21-9-20-14)11-5-3-4-6-13(11)19-17(10)18/h3-6,8,12,16H,2,7,9H2,1H3,(H2,18,19). The van der Waals surface area contributed by atoms with Crippen LogP contribution in [0.2, 0.25) is 0 Å². The molecule has 2 N–H and O–H groups in total. The van der Waals surface area contributed by atoms with Crippen LogP contribution in [0.3, 0.4) is 0 Å². The molecule has 2 heterocycles. The van der Waals surface area contributed by atoms with Gasteiger partial charge < -0.3 is 15.2 Å². The summed E-state index contributed by atoms with van der Waals surface area (Å²) in [6.45, 7) is 2.48. The first kappa shape index (κ1) is 12.7. The lowest BCUT2D eigenvalue weighted by atomic mass is 9.87. The third-order valence-electron chi connectivity index (χ3n) is 4.49. The van der Waals surface area contributed by atoms with Crippen molar-refractivity contribution in [2.24, 2.45) is 0 Å². The molecular weight excluding hydrogens is 264 g/mol. The number of allylic oxidation sites excluding steroid dienone is 1. The number of hydrogen-bond donors (Lipinski definition) is 1. The predicted molar refractivity (Wildman–Crippen MR) is 81.8 cm³/mol. The van der Waals surface area contributed by atoms with Gasteiger partial charge in [-0.05, 0) is 36.1 Å². The minimum absolute atomic E-state index is 0.0282. The maximum absolute atomic E-state index is 6.20. The molecule has 2 atom stereocenters. The van der Waals surface area contributed by atoms with Crippen LogP contribution in [0.25, 0.3) is 10.9 Å². The average molecular weight is 282 g/mol. The number of fused-ring (bicyclic) bond motifs is 2. The molecule has 0 amide bonds. The van der Waals surface area contributed by atoms with Crippen LogP contribution in [0, 0.1) is 0 Å². The summed E-state index contributed by atoms with van der Waals surface area (Å²) >= 11 is 0. The number of nitrogen functional groups attached to an aromatic ring is 1. The van der Waals surface area contributed by atoms with Crippen LogP contribution in [-0.2, 0) is 15.9 Å². The molecule has 0 saturated carbocycles. The minimum atomic E-state index is 0.0282. The van der Waals surface area contributed by atoms with E-state index < -0.39 is 0 Å². The second-order valence-electron chi connectivity index (χ2n) is 5.56. The molecule has 1 aliphatic heterocycles. The molecule has 2 aromatic rings. The first-order chi connectivity index (χ1) is 10.3. The Bertz CT molecular complexity index is 739. The van der Waals surface area contributed by atoms with E-state index in [4.69, 9.17) is 15.2 Å². The smallest absolute Gasteiger partial charge is 0.189 e. The highest BCUT2D eigenvalue weighted by molar-refractivity contribution is 5.86. The summed E-state index contributed by atoms with van der Waals surface area (Å²) in [5.74, 6) is 1.88. The fraction of sp³-hybridized carbons (Fsp3) is 0.353. The summed E-state index contributed by atoms with van der Waals surface area (Å²) < 4.78 is 11.3. The van der Waals surface area contributed by atoms with Crippen LogP contribution in [0.5, 0.6) is 0 Å². The van der Waals surface area contributed by atoms with Crippen molar-refractivity contribution in [1.82, 2.24) is 4.98 Å². The molecule has 4 heteroatoms. The Morgan fingerprint density at radius 3 is 3.05 bits per heavy atom. The van der Waals surface area contributed by atoms with Crippen molar-refractivity contribution in [3.63, 3.8) is 0 Å². The van der Waals surface area contributed by atoms with Crippen molar-refractivity contribution >= 4 is 16.7 Å². The summed E-state index contributed by atoms with van der Waals surface area (Å²) in [6, 6.07) is 8.20. The number of nitrogens with zero attached hydrogens (tertiary/aromatic N) is 1. The first-order valence-corrected chi connectivity index (χ1v) is 7.41. The normalized spacial score (nSPS) is 24.0. The average Bonchev–Trinajstić information content (AvgIpc) is 3.09. The zero-order valence-corrected chi connectivity index (χ0v) is 12.0. The van der Waals surface area contributed by atoms with Crippen molar-refractivity contribution in [2.45, 2.75) is 31.8 Å². The molecule has 1 saturated heterocycles. The molecule has 1 aromatic carbocycles. The van der Waals surface area contributed by atoms with Crippen molar-refractivity contribution in [3.05, 3.63) is 47.2 Å². The van der Waals surface area contributed by atoms with Gasteiger partial charge in [-0.25, -0.2) is 4.98 Å². The molecule has 4 rings (SSSR count). The highest BCUT2D eigenvalue weighted by atomic mass is 16.7. The highest BCUT2D eigenvalue weighted by Gasteiger charge is 2.39.